The third kappa shape index (κ3) is 3.95. The Hall–Kier alpha value is -1.06. The van der Waals surface area contributed by atoms with Gasteiger partial charge in [0.25, 0.3) is 0 Å². The first-order valence-corrected chi connectivity index (χ1v) is 7.29. The molecular weight excluding hydrogens is 238 g/mol. The number of methoxy groups -OCH3 is 1. The molecule has 106 valence electrons. The molecule has 2 unspecified atom stereocenters. The van der Waals surface area contributed by atoms with Crippen LogP contribution in [0.3, 0.4) is 0 Å². The Morgan fingerprint density at radius 2 is 2.11 bits per heavy atom. The van der Waals surface area contributed by atoms with Crippen LogP contribution >= 0.6 is 0 Å². The van der Waals surface area contributed by atoms with Gasteiger partial charge in [0.05, 0.1) is 6.61 Å². The topological polar surface area (TPSA) is 30.5 Å². The summed E-state index contributed by atoms with van der Waals surface area (Å²) in [5.74, 6) is 1.83. The largest absolute Gasteiger partial charge is 0.491 e. The van der Waals surface area contributed by atoms with Crippen LogP contribution < -0.4 is 10.1 Å². The Morgan fingerprint density at radius 3 is 2.89 bits per heavy atom. The monoisotopic (exact) mass is 263 g/mol. The van der Waals surface area contributed by atoms with Gasteiger partial charge in [-0.25, -0.2) is 0 Å². The van der Waals surface area contributed by atoms with Crippen molar-refractivity contribution in [3.05, 3.63) is 29.8 Å². The average molecular weight is 263 g/mol. The summed E-state index contributed by atoms with van der Waals surface area (Å²) in [7, 11) is 1.70. The predicted octanol–water partition coefficient (Wildman–Crippen LogP) is 3.16. The maximum absolute atomic E-state index is 5.83. The Labute approximate surface area is 116 Å². The fourth-order valence-corrected chi connectivity index (χ4v) is 2.74. The summed E-state index contributed by atoms with van der Waals surface area (Å²) in [4.78, 5) is 0. The number of ether oxygens (including phenoxy) is 2. The van der Waals surface area contributed by atoms with E-state index in [-0.39, 0.29) is 0 Å². The van der Waals surface area contributed by atoms with Gasteiger partial charge in [-0.3, -0.25) is 0 Å². The minimum Gasteiger partial charge on any atom is -0.491 e. The minimum atomic E-state index is 0.428. The molecule has 2 rings (SSSR count). The second-order valence-electron chi connectivity index (χ2n) is 5.18. The SMILES string of the molecule is CCC1CCNC(c2ccccc2OCCOC)C1. The summed E-state index contributed by atoms with van der Waals surface area (Å²) in [6.07, 6.45) is 3.77. The second kappa shape index (κ2) is 7.51. The molecule has 0 radical (unpaired) electrons. The van der Waals surface area contributed by atoms with Crippen LogP contribution in [0.25, 0.3) is 0 Å². The van der Waals surface area contributed by atoms with Crippen molar-refractivity contribution >= 4 is 0 Å². The smallest absolute Gasteiger partial charge is 0.124 e. The third-order valence-corrected chi connectivity index (χ3v) is 3.93. The molecule has 1 heterocycles. The number of rotatable bonds is 6. The number of hydrogen-bond acceptors (Lipinski definition) is 3. The van der Waals surface area contributed by atoms with E-state index in [1.54, 1.807) is 7.11 Å². The van der Waals surface area contributed by atoms with Crippen molar-refractivity contribution in [1.82, 2.24) is 5.32 Å². The summed E-state index contributed by atoms with van der Waals surface area (Å²) >= 11 is 0. The summed E-state index contributed by atoms with van der Waals surface area (Å²) in [5, 5.41) is 3.62. The highest BCUT2D eigenvalue weighted by molar-refractivity contribution is 5.36. The molecule has 19 heavy (non-hydrogen) atoms. The van der Waals surface area contributed by atoms with E-state index in [1.165, 1.54) is 24.8 Å². The zero-order valence-electron chi connectivity index (χ0n) is 12.0. The average Bonchev–Trinajstić information content (AvgIpc) is 2.48. The van der Waals surface area contributed by atoms with Crippen molar-refractivity contribution in [2.45, 2.75) is 32.2 Å². The molecule has 0 bridgehead atoms. The molecule has 1 fully saturated rings. The maximum Gasteiger partial charge on any atom is 0.124 e. The van der Waals surface area contributed by atoms with E-state index in [0.29, 0.717) is 19.3 Å². The molecule has 1 aliphatic rings. The number of benzene rings is 1. The van der Waals surface area contributed by atoms with Gasteiger partial charge in [0.1, 0.15) is 12.4 Å². The van der Waals surface area contributed by atoms with Crippen LogP contribution in [0.5, 0.6) is 5.75 Å². The van der Waals surface area contributed by atoms with E-state index < -0.39 is 0 Å². The van der Waals surface area contributed by atoms with Crippen LogP contribution in [0.15, 0.2) is 24.3 Å². The van der Waals surface area contributed by atoms with Gasteiger partial charge in [0.15, 0.2) is 0 Å². The van der Waals surface area contributed by atoms with Gasteiger partial charge in [0.2, 0.25) is 0 Å². The van der Waals surface area contributed by atoms with Gasteiger partial charge in [-0.05, 0) is 31.4 Å². The van der Waals surface area contributed by atoms with Crippen LogP contribution in [0.2, 0.25) is 0 Å². The molecule has 3 heteroatoms. The Balaban J connectivity index is 2.05. The van der Waals surface area contributed by atoms with Crippen LogP contribution in [0.4, 0.5) is 0 Å². The van der Waals surface area contributed by atoms with Crippen molar-refractivity contribution in [2.24, 2.45) is 5.92 Å². The molecule has 1 aliphatic heterocycles. The van der Waals surface area contributed by atoms with Gasteiger partial charge < -0.3 is 14.8 Å². The summed E-state index contributed by atoms with van der Waals surface area (Å²) in [6, 6.07) is 8.79. The normalized spacial score (nSPS) is 23.3. The Morgan fingerprint density at radius 1 is 1.26 bits per heavy atom. The highest BCUT2D eigenvalue weighted by atomic mass is 16.5. The molecule has 2 atom stereocenters. The lowest BCUT2D eigenvalue weighted by atomic mass is 9.87. The van der Waals surface area contributed by atoms with Crippen molar-refractivity contribution in [3.63, 3.8) is 0 Å². The standard InChI is InChI=1S/C16H25NO2/c1-3-13-8-9-17-15(12-13)14-6-4-5-7-16(14)19-11-10-18-2/h4-7,13,15,17H,3,8-12H2,1-2H3. The lowest BCUT2D eigenvalue weighted by molar-refractivity contribution is 0.145. The highest BCUT2D eigenvalue weighted by Gasteiger charge is 2.23. The number of hydrogen-bond donors (Lipinski definition) is 1. The molecule has 0 spiro atoms. The predicted molar refractivity (Wildman–Crippen MR) is 77.6 cm³/mol. The van der Waals surface area contributed by atoms with E-state index in [1.807, 2.05) is 6.07 Å². The van der Waals surface area contributed by atoms with Gasteiger partial charge in [0, 0.05) is 18.7 Å². The Kier molecular flexibility index (Phi) is 5.67. The summed E-state index contributed by atoms with van der Waals surface area (Å²) < 4.78 is 10.9. The number of nitrogens with one attached hydrogen (secondary N) is 1. The van der Waals surface area contributed by atoms with Gasteiger partial charge in [-0.15, -0.1) is 0 Å². The Bertz CT molecular complexity index is 381. The molecule has 3 nitrogen and oxygen atoms in total. The van der Waals surface area contributed by atoms with E-state index in [2.05, 4.69) is 30.4 Å². The second-order valence-corrected chi connectivity index (χ2v) is 5.18. The summed E-state index contributed by atoms with van der Waals surface area (Å²) in [6.45, 7) is 4.63. The van der Waals surface area contributed by atoms with E-state index in [4.69, 9.17) is 9.47 Å². The molecule has 1 N–H and O–H groups in total. The van der Waals surface area contributed by atoms with Crippen molar-refractivity contribution in [1.29, 1.82) is 0 Å². The van der Waals surface area contributed by atoms with Crippen LogP contribution in [-0.2, 0) is 4.74 Å². The van der Waals surface area contributed by atoms with Crippen molar-refractivity contribution in [2.75, 3.05) is 26.9 Å². The fourth-order valence-electron chi connectivity index (χ4n) is 2.74. The van der Waals surface area contributed by atoms with Gasteiger partial charge >= 0.3 is 0 Å². The summed E-state index contributed by atoms with van der Waals surface area (Å²) in [5.41, 5.74) is 1.29. The number of piperidine rings is 1. The zero-order chi connectivity index (χ0) is 13.5. The van der Waals surface area contributed by atoms with Gasteiger partial charge in [-0.1, -0.05) is 31.5 Å². The van der Waals surface area contributed by atoms with E-state index >= 15 is 0 Å². The molecule has 0 aromatic heterocycles. The van der Waals surface area contributed by atoms with Crippen LogP contribution in [-0.4, -0.2) is 26.9 Å². The third-order valence-electron chi connectivity index (χ3n) is 3.93. The molecule has 0 amide bonds. The molecule has 1 aromatic carbocycles. The molecule has 0 aliphatic carbocycles. The first-order chi connectivity index (χ1) is 9.35. The maximum atomic E-state index is 5.83. The minimum absolute atomic E-state index is 0.428. The highest BCUT2D eigenvalue weighted by Crippen LogP contribution is 2.33. The first-order valence-electron chi connectivity index (χ1n) is 7.29. The van der Waals surface area contributed by atoms with E-state index in [0.717, 1.165) is 18.2 Å². The lowest BCUT2D eigenvalue weighted by Gasteiger charge is -2.31. The first kappa shape index (κ1) is 14.4. The molecular formula is C16H25NO2. The molecule has 1 saturated heterocycles. The lowest BCUT2D eigenvalue weighted by Crippen LogP contribution is -2.31. The van der Waals surface area contributed by atoms with Crippen molar-refractivity contribution in [3.8, 4) is 5.75 Å². The number of para-hydroxylation sites is 1. The van der Waals surface area contributed by atoms with Crippen molar-refractivity contribution < 1.29 is 9.47 Å². The van der Waals surface area contributed by atoms with E-state index in [9.17, 15) is 0 Å². The van der Waals surface area contributed by atoms with Crippen LogP contribution in [0.1, 0.15) is 37.8 Å². The quantitative estimate of drug-likeness (QED) is 0.800. The zero-order valence-corrected chi connectivity index (χ0v) is 12.0. The molecule has 1 aromatic rings. The fraction of sp³-hybridized carbons (Fsp3) is 0.625. The van der Waals surface area contributed by atoms with Gasteiger partial charge in [-0.2, -0.15) is 0 Å². The van der Waals surface area contributed by atoms with Crippen LogP contribution in [0, 0.1) is 5.92 Å². The molecule has 0 saturated carbocycles.